The van der Waals surface area contributed by atoms with Gasteiger partial charge in [-0.15, -0.1) is 11.3 Å². The lowest BCUT2D eigenvalue weighted by molar-refractivity contribution is -0.131. The van der Waals surface area contributed by atoms with E-state index in [1.54, 1.807) is 23.7 Å². The number of piperazine rings is 1. The molecule has 1 amide bonds. The summed E-state index contributed by atoms with van der Waals surface area (Å²) >= 11 is 5.21. The largest absolute Gasteiger partial charge is 0.339 e. The summed E-state index contributed by atoms with van der Waals surface area (Å²) in [6.45, 7) is 3.10. The molecule has 1 aliphatic rings. The van der Waals surface area contributed by atoms with Crippen molar-refractivity contribution in [3.8, 4) is 0 Å². The van der Waals surface area contributed by atoms with Crippen LogP contribution < -0.4 is 4.90 Å². The number of carbonyl (C=O) groups excluding carboxylic acids is 1. The zero-order valence-electron chi connectivity index (χ0n) is 12.8. The molecule has 23 heavy (non-hydrogen) atoms. The lowest BCUT2D eigenvalue weighted by Gasteiger charge is -2.34. The number of amides is 1. The second-order valence-electron chi connectivity index (χ2n) is 5.48. The first-order valence-electron chi connectivity index (χ1n) is 7.76. The van der Waals surface area contributed by atoms with Gasteiger partial charge in [0.15, 0.2) is 0 Å². The average Bonchev–Trinajstić information content (AvgIpc) is 3.01. The van der Waals surface area contributed by atoms with Crippen LogP contribution in [0.3, 0.4) is 0 Å². The fourth-order valence-corrected chi connectivity index (χ4v) is 4.19. The molecule has 0 bridgehead atoms. The third kappa shape index (κ3) is 4.51. The molecule has 1 saturated heterocycles. The molecule has 2 aromatic rings. The molecule has 2 aromatic heterocycles. The van der Waals surface area contributed by atoms with Gasteiger partial charge in [0.1, 0.15) is 0 Å². The molecule has 122 valence electrons. The Morgan fingerprint density at radius 3 is 2.57 bits per heavy atom. The minimum absolute atomic E-state index is 0.259. The van der Waals surface area contributed by atoms with E-state index in [2.05, 4.69) is 42.9 Å². The third-order valence-electron chi connectivity index (χ3n) is 3.91. The normalized spacial score (nSPS) is 15.0. The van der Waals surface area contributed by atoms with Crippen molar-refractivity contribution in [3.63, 3.8) is 0 Å². The maximum Gasteiger partial charge on any atom is 0.225 e. The van der Waals surface area contributed by atoms with Crippen LogP contribution in [0.4, 0.5) is 5.95 Å². The Morgan fingerprint density at radius 2 is 1.91 bits per heavy atom. The van der Waals surface area contributed by atoms with Gasteiger partial charge in [0.2, 0.25) is 11.9 Å². The van der Waals surface area contributed by atoms with E-state index < -0.39 is 0 Å². The van der Waals surface area contributed by atoms with Crippen LogP contribution >= 0.6 is 27.3 Å². The number of nitrogens with zero attached hydrogens (tertiary/aromatic N) is 4. The zero-order valence-corrected chi connectivity index (χ0v) is 15.2. The first kappa shape index (κ1) is 16.4. The van der Waals surface area contributed by atoms with Crippen molar-refractivity contribution in [2.24, 2.45) is 0 Å². The highest BCUT2D eigenvalue weighted by Gasteiger charge is 2.21. The Morgan fingerprint density at radius 1 is 1.17 bits per heavy atom. The quantitative estimate of drug-likeness (QED) is 0.781. The first-order valence-corrected chi connectivity index (χ1v) is 9.37. The minimum Gasteiger partial charge on any atom is -0.339 e. The molecular formula is C16H19BrN4OS. The van der Waals surface area contributed by atoms with Crippen molar-refractivity contribution in [2.45, 2.75) is 19.3 Å². The smallest absolute Gasteiger partial charge is 0.225 e. The highest BCUT2D eigenvalue weighted by molar-refractivity contribution is 9.11. The van der Waals surface area contributed by atoms with Crippen molar-refractivity contribution >= 4 is 39.1 Å². The number of aryl methyl sites for hydroxylation is 1. The van der Waals surface area contributed by atoms with Crippen molar-refractivity contribution < 1.29 is 4.79 Å². The highest BCUT2D eigenvalue weighted by Crippen LogP contribution is 2.23. The maximum absolute atomic E-state index is 12.3. The Balaban J connectivity index is 1.41. The van der Waals surface area contributed by atoms with E-state index in [0.717, 1.165) is 48.8 Å². The third-order valence-corrected chi connectivity index (χ3v) is 5.59. The van der Waals surface area contributed by atoms with E-state index in [1.807, 2.05) is 11.0 Å². The fraction of sp³-hybridized carbons (Fsp3) is 0.438. The minimum atomic E-state index is 0.259. The van der Waals surface area contributed by atoms with Crippen molar-refractivity contribution in [1.29, 1.82) is 0 Å². The molecule has 7 heteroatoms. The molecule has 0 atom stereocenters. The Labute approximate surface area is 148 Å². The highest BCUT2D eigenvalue weighted by atomic mass is 79.9. The van der Waals surface area contributed by atoms with Crippen LogP contribution in [-0.2, 0) is 11.2 Å². The van der Waals surface area contributed by atoms with Gasteiger partial charge in [-0.3, -0.25) is 4.79 Å². The Hall–Kier alpha value is -1.47. The molecule has 1 aliphatic heterocycles. The summed E-state index contributed by atoms with van der Waals surface area (Å²) in [4.78, 5) is 26.3. The van der Waals surface area contributed by atoms with Crippen molar-refractivity contribution in [1.82, 2.24) is 14.9 Å². The molecule has 0 aliphatic carbocycles. The van der Waals surface area contributed by atoms with Crippen LogP contribution in [0.1, 0.15) is 17.7 Å². The Bertz CT molecular complexity index is 641. The molecule has 5 nitrogen and oxygen atoms in total. The van der Waals surface area contributed by atoms with Crippen LogP contribution in [0.15, 0.2) is 34.4 Å². The molecule has 1 fully saturated rings. The van der Waals surface area contributed by atoms with Gasteiger partial charge in [-0.2, -0.15) is 0 Å². The van der Waals surface area contributed by atoms with Crippen molar-refractivity contribution in [2.75, 3.05) is 31.1 Å². The van der Waals surface area contributed by atoms with Gasteiger partial charge < -0.3 is 9.80 Å². The number of aromatic nitrogens is 2. The standard InChI is InChI=1S/C16H19BrN4OS/c17-14-6-5-13(23-14)3-1-4-15(22)20-9-11-21(12-10-20)16-18-7-2-8-19-16/h2,5-8H,1,3-4,9-12H2. The van der Waals surface area contributed by atoms with Crippen LogP contribution in [0.5, 0.6) is 0 Å². The SMILES string of the molecule is O=C(CCCc1ccc(Br)s1)N1CCN(c2ncccn2)CC1. The van der Waals surface area contributed by atoms with Gasteiger partial charge in [-0.05, 0) is 47.0 Å². The second kappa shape index (κ2) is 7.88. The summed E-state index contributed by atoms with van der Waals surface area (Å²) < 4.78 is 1.15. The predicted octanol–water partition coefficient (Wildman–Crippen LogP) is 2.97. The molecule has 0 spiro atoms. The molecular weight excluding hydrogens is 376 g/mol. The number of thiophene rings is 1. The molecule has 0 N–H and O–H groups in total. The van der Waals surface area contributed by atoms with Gasteiger partial charge in [0.05, 0.1) is 3.79 Å². The molecule has 3 rings (SSSR count). The monoisotopic (exact) mass is 394 g/mol. The zero-order chi connectivity index (χ0) is 16.1. The van der Waals surface area contributed by atoms with Gasteiger partial charge in [-0.25, -0.2) is 9.97 Å². The molecule has 0 radical (unpaired) electrons. The lowest BCUT2D eigenvalue weighted by Crippen LogP contribution is -2.49. The number of anilines is 1. The summed E-state index contributed by atoms with van der Waals surface area (Å²) in [6, 6.07) is 6.00. The van der Waals surface area contributed by atoms with Gasteiger partial charge in [0.25, 0.3) is 0 Å². The lowest BCUT2D eigenvalue weighted by atomic mass is 10.2. The topological polar surface area (TPSA) is 49.3 Å². The molecule has 0 unspecified atom stereocenters. The van der Waals surface area contributed by atoms with Gasteiger partial charge in [-0.1, -0.05) is 0 Å². The van der Waals surface area contributed by atoms with Crippen LogP contribution in [0.2, 0.25) is 0 Å². The number of halogens is 1. The summed E-state index contributed by atoms with van der Waals surface area (Å²) in [7, 11) is 0. The van der Waals surface area contributed by atoms with E-state index >= 15 is 0 Å². The Kier molecular flexibility index (Phi) is 5.61. The summed E-state index contributed by atoms with van der Waals surface area (Å²) in [6.07, 6.45) is 6.01. The van der Waals surface area contributed by atoms with Crippen LogP contribution in [0.25, 0.3) is 0 Å². The molecule has 0 saturated carbocycles. The van der Waals surface area contributed by atoms with E-state index in [1.165, 1.54) is 4.88 Å². The predicted molar refractivity (Wildman–Crippen MR) is 95.8 cm³/mol. The number of rotatable bonds is 5. The number of hydrogen-bond donors (Lipinski definition) is 0. The van der Waals surface area contributed by atoms with E-state index in [0.29, 0.717) is 6.42 Å². The van der Waals surface area contributed by atoms with Gasteiger partial charge in [0, 0.05) is 49.9 Å². The second-order valence-corrected chi connectivity index (χ2v) is 8.02. The van der Waals surface area contributed by atoms with E-state index in [4.69, 9.17) is 0 Å². The fourth-order valence-electron chi connectivity index (χ4n) is 2.67. The average molecular weight is 395 g/mol. The number of hydrogen-bond acceptors (Lipinski definition) is 5. The summed E-state index contributed by atoms with van der Waals surface area (Å²) in [5, 5.41) is 0. The van der Waals surface area contributed by atoms with Crippen molar-refractivity contribution in [3.05, 3.63) is 39.3 Å². The number of carbonyl (C=O) groups is 1. The first-order chi connectivity index (χ1) is 11.2. The summed E-state index contributed by atoms with van der Waals surface area (Å²) in [5.74, 6) is 1.01. The van der Waals surface area contributed by atoms with Crippen LogP contribution in [-0.4, -0.2) is 47.0 Å². The molecule has 3 heterocycles. The summed E-state index contributed by atoms with van der Waals surface area (Å²) in [5.41, 5.74) is 0. The van der Waals surface area contributed by atoms with Gasteiger partial charge >= 0.3 is 0 Å². The molecule has 0 aromatic carbocycles. The van der Waals surface area contributed by atoms with E-state index in [-0.39, 0.29) is 5.91 Å². The van der Waals surface area contributed by atoms with Crippen LogP contribution in [0, 0.1) is 0 Å². The maximum atomic E-state index is 12.3. The van der Waals surface area contributed by atoms with E-state index in [9.17, 15) is 4.79 Å².